The Bertz CT molecular complexity index is 1050. The maximum Gasteiger partial charge on any atom is 0.260 e. The molecule has 3 aromatic rings. The molecule has 1 heterocycles. The van der Waals surface area contributed by atoms with Gasteiger partial charge in [-0.15, -0.1) is 0 Å². The maximum atomic E-state index is 12.5. The molecule has 1 saturated heterocycles. The van der Waals surface area contributed by atoms with Crippen molar-refractivity contribution in [2.45, 2.75) is 12.8 Å². The van der Waals surface area contributed by atoms with E-state index in [1.165, 1.54) is 0 Å². The minimum absolute atomic E-state index is 0.0144. The summed E-state index contributed by atoms with van der Waals surface area (Å²) in [5.41, 5.74) is 2.35. The molecular formula is C24H24N2O3. The Hall–Kier alpha value is -3.34. The number of nitrogens with zero attached hydrogens (tertiary/aromatic N) is 1. The Labute approximate surface area is 170 Å². The number of ether oxygens (including phenoxy) is 1. The van der Waals surface area contributed by atoms with Crippen molar-refractivity contribution in [1.29, 1.82) is 0 Å². The van der Waals surface area contributed by atoms with Gasteiger partial charge in [-0.1, -0.05) is 42.5 Å². The lowest BCUT2D eigenvalue weighted by molar-refractivity contribution is -0.132. The van der Waals surface area contributed by atoms with Crippen LogP contribution in [0.1, 0.15) is 23.2 Å². The Morgan fingerprint density at radius 1 is 1.00 bits per heavy atom. The number of nitrogens with one attached hydrogen (secondary N) is 1. The fraction of sp³-hybridized carbons (Fsp3) is 0.250. The number of likely N-dealkylation sites (tertiary alicyclic amines) is 1. The molecule has 29 heavy (non-hydrogen) atoms. The molecule has 1 aliphatic rings. The van der Waals surface area contributed by atoms with Gasteiger partial charge in [0.1, 0.15) is 5.75 Å². The number of fused-ring (bicyclic) bond motifs is 1. The second-order valence-corrected chi connectivity index (χ2v) is 7.20. The molecule has 0 radical (unpaired) electrons. The van der Waals surface area contributed by atoms with E-state index in [0.29, 0.717) is 11.3 Å². The summed E-state index contributed by atoms with van der Waals surface area (Å²) in [6.07, 6.45) is 2.11. The number of hydrogen-bond donors (Lipinski definition) is 1. The summed E-state index contributed by atoms with van der Waals surface area (Å²) in [4.78, 5) is 26.4. The molecule has 5 nitrogen and oxygen atoms in total. The van der Waals surface area contributed by atoms with Crippen LogP contribution in [0.25, 0.3) is 21.9 Å². The first-order valence-electron chi connectivity index (χ1n) is 9.92. The van der Waals surface area contributed by atoms with Crippen LogP contribution in [0.15, 0.2) is 60.7 Å². The molecule has 0 aromatic heterocycles. The van der Waals surface area contributed by atoms with Gasteiger partial charge in [-0.2, -0.15) is 0 Å². The van der Waals surface area contributed by atoms with Crippen molar-refractivity contribution in [2.24, 2.45) is 0 Å². The molecule has 1 aliphatic heterocycles. The van der Waals surface area contributed by atoms with Gasteiger partial charge in [-0.3, -0.25) is 9.59 Å². The van der Waals surface area contributed by atoms with E-state index >= 15 is 0 Å². The first kappa shape index (κ1) is 19.0. The highest BCUT2D eigenvalue weighted by Gasteiger charge is 2.20. The van der Waals surface area contributed by atoms with Gasteiger partial charge in [0.25, 0.3) is 11.8 Å². The van der Waals surface area contributed by atoms with Gasteiger partial charge in [0.05, 0.1) is 0 Å². The summed E-state index contributed by atoms with van der Waals surface area (Å²) in [5.74, 6) is 0.518. The number of amides is 2. The lowest BCUT2D eigenvalue weighted by Gasteiger charge is -2.18. The molecule has 0 spiro atoms. The molecule has 4 rings (SSSR count). The zero-order valence-corrected chi connectivity index (χ0v) is 16.5. The second kappa shape index (κ2) is 8.35. The number of hydrogen-bond acceptors (Lipinski definition) is 3. The Balaban J connectivity index is 1.73. The van der Waals surface area contributed by atoms with Crippen molar-refractivity contribution in [3.05, 3.63) is 66.2 Å². The predicted molar refractivity (Wildman–Crippen MR) is 114 cm³/mol. The van der Waals surface area contributed by atoms with Gasteiger partial charge >= 0.3 is 0 Å². The van der Waals surface area contributed by atoms with Crippen LogP contribution in [0.2, 0.25) is 0 Å². The predicted octanol–water partition coefficient (Wildman–Crippen LogP) is 3.87. The molecule has 0 atom stereocenters. The number of benzene rings is 3. The van der Waals surface area contributed by atoms with Crippen LogP contribution in [0.4, 0.5) is 0 Å². The third-order valence-corrected chi connectivity index (χ3v) is 5.34. The first-order valence-corrected chi connectivity index (χ1v) is 9.92. The van der Waals surface area contributed by atoms with Crippen molar-refractivity contribution >= 4 is 22.6 Å². The second-order valence-electron chi connectivity index (χ2n) is 7.20. The molecule has 0 saturated carbocycles. The van der Waals surface area contributed by atoms with E-state index in [-0.39, 0.29) is 18.4 Å². The van der Waals surface area contributed by atoms with Gasteiger partial charge < -0.3 is 15.0 Å². The normalized spacial score (nSPS) is 13.5. The first-order chi connectivity index (χ1) is 14.2. The Morgan fingerprint density at radius 3 is 2.59 bits per heavy atom. The maximum absolute atomic E-state index is 12.5. The number of rotatable bonds is 5. The average Bonchev–Trinajstić information content (AvgIpc) is 3.31. The fourth-order valence-corrected chi connectivity index (χ4v) is 3.83. The van der Waals surface area contributed by atoms with E-state index in [0.717, 1.165) is 47.8 Å². The van der Waals surface area contributed by atoms with Crippen LogP contribution in [0, 0.1) is 0 Å². The van der Waals surface area contributed by atoms with E-state index in [4.69, 9.17) is 4.74 Å². The lowest BCUT2D eigenvalue weighted by Crippen LogP contribution is -2.32. The monoisotopic (exact) mass is 388 g/mol. The standard InChI is InChI=1S/C24H24N2O3/c1-25-24(28)19-9-6-8-18(15-19)23-20-10-3-2-7-17(20)11-12-21(23)29-16-22(27)26-13-4-5-14-26/h2-3,6-12,15H,4-5,13-14,16H2,1H3,(H,25,28). The molecule has 1 fully saturated rings. The third-order valence-electron chi connectivity index (χ3n) is 5.34. The van der Waals surface area contributed by atoms with Crippen molar-refractivity contribution < 1.29 is 14.3 Å². The zero-order valence-electron chi connectivity index (χ0n) is 16.5. The van der Waals surface area contributed by atoms with Crippen LogP contribution in [-0.4, -0.2) is 43.5 Å². The molecule has 148 valence electrons. The molecule has 2 amide bonds. The van der Waals surface area contributed by atoms with E-state index in [1.807, 2.05) is 59.5 Å². The topological polar surface area (TPSA) is 58.6 Å². The highest BCUT2D eigenvalue weighted by Crippen LogP contribution is 2.37. The SMILES string of the molecule is CNC(=O)c1cccc(-c2c(OCC(=O)N3CCCC3)ccc3ccccc23)c1. The summed E-state index contributed by atoms with van der Waals surface area (Å²) in [5, 5.41) is 4.76. The third kappa shape index (κ3) is 3.94. The summed E-state index contributed by atoms with van der Waals surface area (Å²) in [6, 6.07) is 19.4. The lowest BCUT2D eigenvalue weighted by atomic mass is 9.96. The van der Waals surface area contributed by atoms with Gasteiger partial charge in [0.2, 0.25) is 0 Å². The molecule has 5 heteroatoms. The van der Waals surface area contributed by atoms with Gasteiger partial charge in [0.15, 0.2) is 6.61 Å². The highest BCUT2D eigenvalue weighted by atomic mass is 16.5. The Kier molecular flexibility index (Phi) is 5.47. The molecule has 0 aliphatic carbocycles. The largest absolute Gasteiger partial charge is 0.483 e. The molecule has 3 aromatic carbocycles. The fourth-order valence-electron chi connectivity index (χ4n) is 3.83. The number of carbonyl (C=O) groups is 2. The van der Waals surface area contributed by atoms with Gasteiger partial charge in [0, 0.05) is 31.3 Å². The summed E-state index contributed by atoms with van der Waals surface area (Å²) in [6.45, 7) is 1.63. The van der Waals surface area contributed by atoms with Crippen LogP contribution in [0.5, 0.6) is 5.75 Å². The smallest absolute Gasteiger partial charge is 0.260 e. The van der Waals surface area contributed by atoms with Crippen molar-refractivity contribution in [1.82, 2.24) is 10.2 Å². The van der Waals surface area contributed by atoms with E-state index < -0.39 is 0 Å². The van der Waals surface area contributed by atoms with Gasteiger partial charge in [-0.25, -0.2) is 0 Å². The summed E-state index contributed by atoms with van der Waals surface area (Å²) < 4.78 is 6.01. The van der Waals surface area contributed by atoms with Crippen molar-refractivity contribution in [2.75, 3.05) is 26.7 Å². The van der Waals surface area contributed by atoms with Crippen LogP contribution in [-0.2, 0) is 4.79 Å². The highest BCUT2D eigenvalue weighted by molar-refractivity contribution is 6.02. The minimum Gasteiger partial charge on any atom is -0.483 e. The summed E-state index contributed by atoms with van der Waals surface area (Å²) >= 11 is 0. The van der Waals surface area contributed by atoms with E-state index in [1.54, 1.807) is 13.1 Å². The molecule has 1 N–H and O–H groups in total. The zero-order chi connectivity index (χ0) is 20.2. The molecule has 0 unspecified atom stereocenters. The number of carbonyl (C=O) groups excluding carboxylic acids is 2. The van der Waals surface area contributed by atoms with Crippen LogP contribution >= 0.6 is 0 Å². The quantitative estimate of drug-likeness (QED) is 0.722. The van der Waals surface area contributed by atoms with E-state index in [2.05, 4.69) is 5.32 Å². The van der Waals surface area contributed by atoms with Crippen molar-refractivity contribution in [3.63, 3.8) is 0 Å². The molecule has 0 bridgehead atoms. The van der Waals surface area contributed by atoms with Crippen LogP contribution in [0.3, 0.4) is 0 Å². The minimum atomic E-state index is -0.140. The summed E-state index contributed by atoms with van der Waals surface area (Å²) in [7, 11) is 1.62. The molecular weight excluding hydrogens is 364 g/mol. The van der Waals surface area contributed by atoms with Crippen molar-refractivity contribution in [3.8, 4) is 16.9 Å². The van der Waals surface area contributed by atoms with E-state index in [9.17, 15) is 9.59 Å². The average molecular weight is 388 g/mol. The van der Waals surface area contributed by atoms with Gasteiger partial charge in [-0.05, 0) is 47.4 Å². The van der Waals surface area contributed by atoms with Crippen LogP contribution < -0.4 is 10.1 Å². The Morgan fingerprint density at radius 2 is 1.79 bits per heavy atom.